The third kappa shape index (κ3) is 4.00. The van der Waals surface area contributed by atoms with Crippen LogP contribution in [0.5, 0.6) is 0 Å². The molecule has 2 aromatic rings. The molecule has 3 rings (SSSR count). The van der Waals surface area contributed by atoms with Crippen LogP contribution in [-0.4, -0.2) is 29.5 Å². The van der Waals surface area contributed by atoms with Crippen molar-refractivity contribution in [2.45, 2.75) is 39.2 Å². The molecule has 1 fully saturated rings. The van der Waals surface area contributed by atoms with Gasteiger partial charge in [0.2, 0.25) is 0 Å². The monoisotopic (exact) mass is 329 g/mol. The molecule has 1 aromatic carbocycles. The summed E-state index contributed by atoms with van der Waals surface area (Å²) < 4.78 is 0. The van der Waals surface area contributed by atoms with Crippen LogP contribution in [0.3, 0.4) is 0 Å². The lowest BCUT2D eigenvalue weighted by molar-refractivity contribution is 0.162. The van der Waals surface area contributed by atoms with Crippen molar-refractivity contribution in [2.75, 3.05) is 19.6 Å². The van der Waals surface area contributed by atoms with Gasteiger partial charge in [-0.05, 0) is 51.3 Å². The molecule has 1 aromatic heterocycles. The Morgan fingerprint density at radius 3 is 2.48 bits per heavy atom. The SMILES string of the molecule is Cc1nc(C(CN)C2CCN(Cc3ccccc3)CC2)sc1C. The first-order chi connectivity index (χ1) is 11.2. The molecule has 0 bridgehead atoms. The molecule has 0 amide bonds. The van der Waals surface area contributed by atoms with Gasteiger partial charge in [0.15, 0.2) is 0 Å². The molecule has 4 heteroatoms. The van der Waals surface area contributed by atoms with E-state index in [2.05, 4.69) is 49.1 Å². The lowest BCUT2D eigenvalue weighted by Crippen LogP contribution is -2.36. The fourth-order valence-corrected chi connectivity index (χ4v) is 4.64. The zero-order valence-corrected chi connectivity index (χ0v) is 15.0. The molecule has 1 aliphatic heterocycles. The predicted molar refractivity (Wildman–Crippen MR) is 97.8 cm³/mol. The number of likely N-dealkylation sites (tertiary alicyclic amines) is 1. The molecule has 1 aliphatic rings. The fourth-order valence-electron chi connectivity index (χ4n) is 3.51. The second-order valence-corrected chi connectivity index (χ2v) is 7.87. The second kappa shape index (κ2) is 7.56. The number of nitrogens with two attached hydrogens (primary N) is 1. The van der Waals surface area contributed by atoms with Crippen LogP contribution in [-0.2, 0) is 6.54 Å². The van der Waals surface area contributed by atoms with Crippen LogP contribution in [0.1, 0.15) is 39.9 Å². The van der Waals surface area contributed by atoms with E-state index in [0.29, 0.717) is 11.8 Å². The molecule has 0 aliphatic carbocycles. The number of hydrogen-bond donors (Lipinski definition) is 1. The highest BCUT2D eigenvalue weighted by Crippen LogP contribution is 2.35. The molecule has 0 radical (unpaired) electrons. The molecule has 0 spiro atoms. The summed E-state index contributed by atoms with van der Waals surface area (Å²) in [6.07, 6.45) is 2.46. The number of piperidine rings is 1. The molecule has 23 heavy (non-hydrogen) atoms. The van der Waals surface area contributed by atoms with Crippen LogP contribution in [0.4, 0.5) is 0 Å². The van der Waals surface area contributed by atoms with E-state index >= 15 is 0 Å². The standard InChI is InChI=1S/C19H27N3S/c1-14-15(2)23-19(21-14)18(12-20)17-8-10-22(11-9-17)13-16-6-4-3-5-7-16/h3-7,17-18H,8-13,20H2,1-2H3. The van der Waals surface area contributed by atoms with Crippen LogP contribution >= 0.6 is 11.3 Å². The largest absolute Gasteiger partial charge is 0.330 e. The molecule has 1 saturated heterocycles. The van der Waals surface area contributed by atoms with Crippen molar-refractivity contribution >= 4 is 11.3 Å². The normalized spacial score (nSPS) is 18.2. The Bertz CT molecular complexity index is 595. The Morgan fingerprint density at radius 2 is 1.91 bits per heavy atom. The Balaban J connectivity index is 1.59. The van der Waals surface area contributed by atoms with Crippen molar-refractivity contribution < 1.29 is 0 Å². The van der Waals surface area contributed by atoms with Gasteiger partial charge in [-0.1, -0.05) is 30.3 Å². The van der Waals surface area contributed by atoms with Crippen LogP contribution < -0.4 is 5.73 Å². The summed E-state index contributed by atoms with van der Waals surface area (Å²) in [6, 6.07) is 10.8. The average molecular weight is 330 g/mol. The maximum Gasteiger partial charge on any atom is 0.0977 e. The van der Waals surface area contributed by atoms with Gasteiger partial charge in [-0.25, -0.2) is 4.98 Å². The summed E-state index contributed by atoms with van der Waals surface area (Å²) in [5.74, 6) is 1.11. The third-order valence-corrected chi connectivity index (χ3v) is 6.27. The maximum atomic E-state index is 6.11. The number of nitrogens with zero attached hydrogens (tertiary/aromatic N) is 2. The first kappa shape index (κ1) is 16.6. The summed E-state index contributed by atoms with van der Waals surface area (Å²) in [5, 5.41) is 1.25. The highest BCUT2D eigenvalue weighted by Gasteiger charge is 2.29. The van der Waals surface area contributed by atoms with Gasteiger partial charge in [0.25, 0.3) is 0 Å². The summed E-state index contributed by atoms with van der Waals surface area (Å²) in [5.41, 5.74) is 8.69. The van der Waals surface area contributed by atoms with Crippen molar-refractivity contribution in [1.29, 1.82) is 0 Å². The number of rotatable bonds is 5. The Kier molecular flexibility index (Phi) is 5.46. The van der Waals surface area contributed by atoms with E-state index in [1.165, 1.54) is 47.1 Å². The molecular weight excluding hydrogens is 302 g/mol. The minimum atomic E-state index is 0.436. The van der Waals surface area contributed by atoms with E-state index in [1.807, 2.05) is 11.3 Å². The average Bonchev–Trinajstić information content (AvgIpc) is 2.90. The van der Waals surface area contributed by atoms with Gasteiger partial charge in [0.05, 0.1) is 10.7 Å². The van der Waals surface area contributed by atoms with E-state index in [4.69, 9.17) is 10.7 Å². The third-order valence-electron chi connectivity index (χ3n) is 5.07. The number of benzene rings is 1. The van der Waals surface area contributed by atoms with Gasteiger partial charge >= 0.3 is 0 Å². The number of aromatic nitrogens is 1. The zero-order valence-electron chi connectivity index (χ0n) is 14.2. The quantitative estimate of drug-likeness (QED) is 0.909. The molecule has 1 unspecified atom stereocenters. The van der Waals surface area contributed by atoms with Gasteiger partial charge in [-0.15, -0.1) is 11.3 Å². The van der Waals surface area contributed by atoms with E-state index in [9.17, 15) is 0 Å². The summed E-state index contributed by atoms with van der Waals surface area (Å²) in [6.45, 7) is 8.38. The number of hydrogen-bond acceptors (Lipinski definition) is 4. The van der Waals surface area contributed by atoms with Crippen LogP contribution in [0.15, 0.2) is 30.3 Å². The highest BCUT2D eigenvalue weighted by molar-refractivity contribution is 7.11. The Hall–Kier alpha value is -1.23. The van der Waals surface area contributed by atoms with Crippen molar-refractivity contribution in [3.8, 4) is 0 Å². The van der Waals surface area contributed by atoms with E-state index < -0.39 is 0 Å². The molecule has 2 heterocycles. The molecule has 0 saturated carbocycles. The van der Waals surface area contributed by atoms with Gasteiger partial charge in [-0.2, -0.15) is 0 Å². The molecule has 2 N–H and O–H groups in total. The van der Waals surface area contributed by atoms with Gasteiger partial charge in [0, 0.05) is 23.9 Å². The topological polar surface area (TPSA) is 42.1 Å². The summed E-state index contributed by atoms with van der Waals surface area (Å²) in [7, 11) is 0. The van der Waals surface area contributed by atoms with Crippen molar-refractivity contribution in [2.24, 2.45) is 11.7 Å². The van der Waals surface area contributed by atoms with Crippen LogP contribution in [0, 0.1) is 19.8 Å². The van der Waals surface area contributed by atoms with Crippen molar-refractivity contribution in [3.05, 3.63) is 51.5 Å². The number of aryl methyl sites for hydroxylation is 2. The van der Waals surface area contributed by atoms with Gasteiger partial charge in [0.1, 0.15) is 0 Å². The molecule has 124 valence electrons. The lowest BCUT2D eigenvalue weighted by atomic mass is 9.84. The van der Waals surface area contributed by atoms with Crippen molar-refractivity contribution in [1.82, 2.24) is 9.88 Å². The molecule has 1 atom stereocenters. The lowest BCUT2D eigenvalue weighted by Gasteiger charge is -2.35. The summed E-state index contributed by atoms with van der Waals surface area (Å²) in [4.78, 5) is 8.67. The van der Waals surface area contributed by atoms with E-state index in [-0.39, 0.29) is 0 Å². The highest BCUT2D eigenvalue weighted by atomic mass is 32.1. The fraction of sp³-hybridized carbons (Fsp3) is 0.526. The summed E-state index contributed by atoms with van der Waals surface area (Å²) >= 11 is 1.84. The Labute approximate surface area is 143 Å². The maximum absolute atomic E-state index is 6.11. The second-order valence-electron chi connectivity index (χ2n) is 6.64. The zero-order chi connectivity index (χ0) is 16.2. The predicted octanol–water partition coefficient (Wildman–Crippen LogP) is 3.71. The van der Waals surface area contributed by atoms with E-state index in [1.54, 1.807) is 0 Å². The Morgan fingerprint density at radius 1 is 1.22 bits per heavy atom. The van der Waals surface area contributed by atoms with Gasteiger partial charge < -0.3 is 5.73 Å². The molecular formula is C19H27N3S. The first-order valence-electron chi connectivity index (χ1n) is 8.57. The van der Waals surface area contributed by atoms with Crippen LogP contribution in [0.2, 0.25) is 0 Å². The smallest absolute Gasteiger partial charge is 0.0977 e. The minimum absolute atomic E-state index is 0.436. The number of thiazole rings is 1. The van der Waals surface area contributed by atoms with Crippen molar-refractivity contribution in [3.63, 3.8) is 0 Å². The van der Waals surface area contributed by atoms with E-state index in [0.717, 1.165) is 13.1 Å². The van der Waals surface area contributed by atoms with Gasteiger partial charge in [-0.3, -0.25) is 4.90 Å². The molecule has 3 nitrogen and oxygen atoms in total. The van der Waals surface area contributed by atoms with Crippen LogP contribution in [0.25, 0.3) is 0 Å². The minimum Gasteiger partial charge on any atom is -0.330 e. The first-order valence-corrected chi connectivity index (χ1v) is 9.39.